The van der Waals surface area contributed by atoms with Gasteiger partial charge in [0.05, 0.1) is 10.4 Å². The van der Waals surface area contributed by atoms with Crippen LogP contribution in [-0.2, 0) is 24.4 Å². The van der Waals surface area contributed by atoms with E-state index < -0.39 is 0 Å². The second-order valence-corrected chi connectivity index (χ2v) is 6.56. The first kappa shape index (κ1) is 13.7. The van der Waals surface area contributed by atoms with Crippen molar-refractivity contribution in [2.24, 2.45) is 0 Å². The SMILES string of the molecule is COCc1ccccc1CNCc1ccc(Br)s1. The van der Waals surface area contributed by atoms with Crippen molar-refractivity contribution >= 4 is 27.3 Å². The van der Waals surface area contributed by atoms with Gasteiger partial charge in [0.25, 0.3) is 0 Å². The van der Waals surface area contributed by atoms with Crippen molar-refractivity contribution in [3.63, 3.8) is 0 Å². The summed E-state index contributed by atoms with van der Waals surface area (Å²) in [7, 11) is 1.73. The van der Waals surface area contributed by atoms with Crippen molar-refractivity contribution in [3.05, 3.63) is 56.2 Å². The fourth-order valence-corrected chi connectivity index (χ4v) is 3.25. The van der Waals surface area contributed by atoms with Gasteiger partial charge in [0.1, 0.15) is 0 Å². The lowest BCUT2D eigenvalue weighted by molar-refractivity contribution is 0.184. The number of rotatable bonds is 6. The molecule has 1 heterocycles. The molecular weight excluding hydrogens is 310 g/mol. The predicted molar refractivity (Wildman–Crippen MR) is 79.7 cm³/mol. The molecule has 1 aromatic heterocycles. The van der Waals surface area contributed by atoms with Crippen LogP contribution in [0, 0.1) is 0 Å². The molecule has 2 aromatic rings. The molecule has 1 aromatic carbocycles. The minimum atomic E-state index is 0.669. The van der Waals surface area contributed by atoms with Gasteiger partial charge < -0.3 is 10.1 Å². The zero-order valence-corrected chi connectivity index (χ0v) is 12.7. The van der Waals surface area contributed by atoms with Crippen LogP contribution in [0.4, 0.5) is 0 Å². The highest BCUT2D eigenvalue weighted by Crippen LogP contribution is 2.21. The molecule has 0 aliphatic rings. The fourth-order valence-electron chi connectivity index (χ4n) is 1.79. The third-order valence-electron chi connectivity index (χ3n) is 2.66. The molecule has 4 heteroatoms. The molecule has 0 saturated heterocycles. The van der Waals surface area contributed by atoms with Crippen LogP contribution >= 0.6 is 27.3 Å². The Morgan fingerprint density at radius 3 is 2.56 bits per heavy atom. The van der Waals surface area contributed by atoms with Gasteiger partial charge in [-0.3, -0.25) is 0 Å². The molecule has 96 valence electrons. The van der Waals surface area contributed by atoms with Crippen molar-refractivity contribution in [2.45, 2.75) is 19.7 Å². The predicted octanol–water partition coefficient (Wildman–Crippen LogP) is 3.95. The molecule has 2 rings (SSSR count). The summed E-state index contributed by atoms with van der Waals surface area (Å²) in [5, 5.41) is 3.46. The summed E-state index contributed by atoms with van der Waals surface area (Å²) in [6.07, 6.45) is 0. The molecule has 0 radical (unpaired) electrons. The zero-order chi connectivity index (χ0) is 12.8. The van der Waals surface area contributed by atoms with Crippen LogP contribution in [0.25, 0.3) is 0 Å². The minimum absolute atomic E-state index is 0.669. The third-order valence-corrected chi connectivity index (χ3v) is 4.29. The monoisotopic (exact) mass is 325 g/mol. The number of ether oxygens (including phenoxy) is 1. The van der Waals surface area contributed by atoms with E-state index in [1.807, 2.05) is 6.07 Å². The van der Waals surface area contributed by atoms with Gasteiger partial charge in [-0.2, -0.15) is 0 Å². The molecule has 0 fully saturated rings. The van der Waals surface area contributed by atoms with Gasteiger partial charge in [0.2, 0.25) is 0 Å². The maximum absolute atomic E-state index is 5.20. The lowest BCUT2D eigenvalue weighted by Crippen LogP contribution is -2.13. The Bertz CT molecular complexity index is 498. The smallest absolute Gasteiger partial charge is 0.0716 e. The first-order valence-electron chi connectivity index (χ1n) is 5.80. The maximum atomic E-state index is 5.20. The molecular formula is C14H16BrNOS. The molecule has 0 aliphatic heterocycles. The largest absolute Gasteiger partial charge is 0.380 e. The van der Waals surface area contributed by atoms with E-state index in [0.29, 0.717) is 6.61 Å². The lowest BCUT2D eigenvalue weighted by atomic mass is 10.1. The summed E-state index contributed by atoms with van der Waals surface area (Å²) in [6, 6.07) is 12.6. The van der Waals surface area contributed by atoms with Gasteiger partial charge in [-0.05, 0) is 39.2 Å². The highest BCUT2D eigenvalue weighted by molar-refractivity contribution is 9.11. The summed E-state index contributed by atoms with van der Waals surface area (Å²) in [6.45, 7) is 2.44. The Kier molecular flexibility index (Phi) is 5.38. The van der Waals surface area contributed by atoms with E-state index in [1.165, 1.54) is 19.8 Å². The maximum Gasteiger partial charge on any atom is 0.0716 e. The van der Waals surface area contributed by atoms with Crippen molar-refractivity contribution in [2.75, 3.05) is 7.11 Å². The number of methoxy groups -OCH3 is 1. The van der Waals surface area contributed by atoms with Gasteiger partial charge in [-0.25, -0.2) is 0 Å². The van der Waals surface area contributed by atoms with Crippen molar-refractivity contribution in [1.29, 1.82) is 0 Å². The van der Waals surface area contributed by atoms with E-state index in [0.717, 1.165) is 13.1 Å². The van der Waals surface area contributed by atoms with Crippen molar-refractivity contribution in [3.8, 4) is 0 Å². The number of nitrogens with one attached hydrogen (secondary N) is 1. The molecule has 0 unspecified atom stereocenters. The van der Waals surface area contributed by atoms with Crippen LogP contribution in [0.5, 0.6) is 0 Å². The highest BCUT2D eigenvalue weighted by Gasteiger charge is 2.02. The molecule has 0 spiro atoms. The molecule has 0 aliphatic carbocycles. The van der Waals surface area contributed by atoms with Gasteiger partial charge in [-0.1, -0.05) is 24.3 Å². The molecule has 0 bridgehead atoms. The summed E-state index contributed by atoms with van der Waals surface area (Å²) in [5.74, 6) is 0. The number of thiophene rings is 1. The number of benzene rings is 1. The standard InChI is InChI=1S/C14H16BrNOS/c1-17-10-12-5-3-2-4-11(12)8-16-9-13-6-7-14(15)18-13/h2-7,16H,8-10H2,1H3. The molecule has 1 N–H and O–H groups in total. The number of halogens is 1. The Hall–Kier alpha value is -0.680. The van der Waals surface area contributed by atoms with Crippen LogP contribution in [0.1, 0.15) is 16.0 Å². The molecule has 18 heavy (non-hydrogen) atoms. The summed E-state index contributed by atoms with van der Waals surface area (Å²) in [5.41, 5.74) is 2.55. The van der Waals surface area contributed by atoms with Crippen LogP contribution in [-0.4, -0.2) is 7.11 Å². The Balaban J connectivity index is 1.89. The quantitative estimate of drug-likeness (QED) is 0.868. The van der Waals surface area contributed by atoms with E-state index >= 15 is 0 Å². The Morgan fingerprint density at radius 1 is 1.11 bits per heavy atom. The Labute approximate surface area is 120 Å². The van der Waals surface area contributed by atoms with Gasteiger partial charge >= 0.3 is 0 Å². The average Bonchev–Trinajstić information content (AvgIpc) is 2.78. The topological polar surface area (TPSA) is 21.3 Å². The first-order valence-corrected chi connectivity index (χ1v) is 7.41. The van der Waals surface area contributed by atoms with E-state index in [9.17, 15) is 0 Å². The van der Waals surface area contributed by atoms with Crippen LogP contribution < -0.4 is 5.32 Å². The number of hydrogen-bond donors (Lipinski definition) is 1. The molecule has 0 atom stereocenters. The molecule has 2 nitrogen and oxygen atoms in total. The van der Waals surface area contributed by atoms with Crippen LogP contribution in [0.3, 0.4) is 0 Å². The molecule has 0 saturated carbocycles. The van der Waals surface area contributed by atoms with E-state index in [4.69, 9.17) is 4.74 Å². The van der Waals surface area contributed by atoms with E-state index in [2.05, 4.69) is 51.6 Å². The zero-order valence-electron chi connectivity index (χ0n) is 10.3. The summed E-state index contributed by atoms with van der Waals surface area (Å²) < 4.78 is 6.38. The lowest BCUT2D eigenvalue weighted by Gasteiger charge is -2.09. The summed E-state index contributed by atoms with van der Waals surface area (Å²) >= 11 is 5.24. The average molecular weight is 326 g/mol. The Morgan fingerprint density at radius 2 is 1.89 bits per heavy atom. The van der Waals surface area contributed by atoms with Crippen molar-refractivity contribution < 1.29 is 4.74 Å². The van der Waals surface area contributed by atoms with Gasteiger partial charge in [0.15, 0.2) is 0 Å². The summed E-state index contributed by atoms with van der Waals surface area (Å²) in [4.78, 5) is 1.34. The number of hydrogen-bond acceptors (Lipinski definition) is 3. The van der Waals surface area contributed by atoms with Crippen molar-refractivity contribution in [1.82, 2.24) is 5.32 Å². The van der Waals surface area contributed by atoms with Crippen LogP contribution in [0.2, 0.25) is 0 Å². The van der Waals surface area contributed by atoms with Gasteiger partial charge in [-0.15, -0.1) is 11.3 Å². The van der Waals surface area contributed by atoms with Crippen LogP contribution in [0.15, 0.2) is 40.2 Å². The second-order valence-electron chi connectivity index (χ2n) is 4.01. The fraction of sp³-hybridized carbons (Fsp3) is 0.286. The highest BCUT2D eigenvalue weighted by atomic mass is 79.9. The molecule has 0 amide bonds. The van der Waals surface area contributed by atoms with E-state index in [-0.39, 0.29) is 0 Å². The third kappa shape index (κ3) is 3.92. The first-order chi connectivity index (χ1) is 8.79. The second kappa shape index (κ2) is 7.04. The van der Waals surface area contributed by atoms with Gasteiger partial charge in [0, 0.05) is 25.1 Å². The van der Waals surface area contributed by atoms with E-state index in [1.54, 1.807) is 18.4 Å². The minimum Gasteiger partial charge on any atom is -0.380 e. The normalized spacial score (nSPS) is 10.8.